The van der Waals surface area contributed by atoms with Crippen LogP contribution < -0.4 is 10.1 Å². The predicted octanol–water partition coefficient (Wildman–Crippen LogP) is 1.71. The molecule has 1 amide bonds. The van der Waals surface area contributed by atoms with Crippen molar-refractivity contribution in [2.24, 2.45) is 0 Å². The number of carboxylic acids is 1. The van der Waals surface area contributed by atoms with Crippen LogP contribution in [0.25, 0.3) is 0 Å². The maximum atomic E-state index is 11.7. The maximum Gasteiger partial charge on any atom is 0.406 e. The van der Waals surface area contributed by atoms with Crippen LogP contribution in [-0.4, -0.2) is 33.5 Å². The average molecular weight is 317 g/mol. The average Bonchev–Trinajstić information content (AvgIpc) is 2.53. The van der Waals surface area contributed by atoms with Gasteiger partial charge in [-0.2, -0.15) is 0 Å². The minimum absolute atomic E-state index is 0.0882. The summed E-state index contributed by atoms with van der Waals surface area (Å²) < 4.78 is 5.08. The Morgan fingerprint density at radius 1 is 1.26 bits per heavy atom. The first-order valence-electron chi connectivity index (χ1n) is 6.33. The highest BCUT2D eigenvalue weighted by Gasteiger charge is 2.16. The molecule has 0 aliphatic rings. The maximum absolute atomic E-state index is 11.7. The first kappa shape index (κ1) is 15.9. The molecule has 0 saturated heterocycles. The number of pyridine rings is 1. The summed E-state index contributed by atoms with van der Waals surface area (Å²) in [5.41, 5.74) is 0.467. The van der Waals surface area contributed by atoms with E-state index in [4.69, 9.17) is 9.84 Å². The molecule has 0 bridgehead atoms. The van der Waals surface area contributed by atoms with Crippen molar-refractivity contribution in [3.63, 3.8) is 0 Å². The normalized spacial score (nSPS) is 9.91. The number of anilines is 1. The highest BCUT2D eigenvalue weighted by molar-refractivity contribution is 5.93. The van der Waals surface area contributed by atoms with Gasteiger partial charge in [0.2, 0.25) is 5.75 Å². The van der Waals surface area contributed by atoms with Crippen molar-refractivity contribution in [3.8, 4) is 5.75 Å². The number of nitro groups is 1. The van der Waals surface area contributed by atoms with Gasteiger partial charge in [-0.1, -0.05) is 0 Å². The summed E-state index contributed by atoms with van der Waals surface area (Å²) in [6.45, 7) is -0.451. The van der Waals surface area contributed by atoms with Crippen LogP contribution in [0.4, 0.5) is 11.5 Å². The summed E-state index contributed by atoms with van der Waals surface area (Å²) in [7, 11) is 0. The molecule has 2 rings (SSSR count). The van der Waals surface area contributed by atoms with E-state index in [0.29, 0.717) is 5.69 Å². The second kappa shape index (κ2) is 6.98. The molecule has 1 heterocycles. The molecule has 9 heteroatoms. The predicted molar refractivity (Wildman–Crippen MR) is 78.4 cm³/mol. The highest BCUT2D eigenvalue weighted by Crippen LogP contribution is 2.22. The number of rotatable bonds is 6. The lowest BCUT2D eigenvalue weighted by Crippen LogP contribution is -2.20. The molecule has 118 valence electrons. The Kier molecular flexibility index (Phi) is 4.82. The lowest BCUT2D eigenvalue weighted by Gasteiger charge is -2.07. The number of nitrogens with zero attached hydrogens (tertiary/aromatic N) is 2. The Morgan fingerprint density at radius 2 is 1.96 bits per heavy atom. The molecule has 0 spiro atoms. The second-order valence-electron chi connectivity index (χ2n) is 4.30. The molecule has 0 radical (unpaired) electrons. The third-order valence-electron chi connectivity index (χ3n) is 2.70. The van der Waals surface area contributed by atoms with Crippen LogP contribution in [-0.2, 0) is 4.79 Å². The van der Waals surface area contributed by atoms with Crippen molar-refractivity contribution in [2.45, 2.75) is 0 Å². The minimum atomic E-state index is -1.07. The first-order valence-corrected chi connectivity index (χ1v) is 6.33. The number of hydrogen-bond acceptors (Lipinski definition) is 6. The molecule has 23 heavy (non-hydrogen) atoms. The van der Waals surface area contributed by atoms with Gasteiger partial charge in [-0.3, -0.25) is 4.79 Å². The number of amides is 1. The third-order valence-corrected chi connectivity index (χ3v) is 2.70. The largest absolute Gasteiger partial charge is 0.478 e. The van der Waals surface area contributed by atoms with Crippen LogP contribution in [0.15, 0.2) is 42.6 Å². The van der Waals surface area contributed by atoms with Crippen molar-refractivity contribution in [3.05, 3.63) is 58.3 Å². The summed E-state index contributed by atoms with van der Waals surface area (Å²) in [6, 6.07) is 8.31. The van der Waals surface area contributed by atoms with Gasteiger partial charge in [-0.15, -0.1) is 0 Å². The Balaban J connectivity index is 1.95. The SMILES string of the molecule is O=C(COc1cccnc1[N+](=O)[O-])Nc1ccc(C(=O)O)cc1. The summed E-state index contributed by atoms with van der Waals surface area (Å²) in [6.07, 6.45) is 1.25. The van der Waals surface area contributed by atoms with E-state index < -0.39 is 29.2 Å². The van der Waals surface area contributed by atoms with Gasteiger partial charge >= 0.3 is 11.8 Å². The summed E-state index contributed by atoms with van der Waals surface area (Å²) >= 11 is 0. The molecule has 0 aliphatic carbocycles. The molecular formula is C14H11N3O6. The lowest BCUT2D eigenvalue weighted by molar-refractivity contribution is -0.390. The highest BCUT2D eigenvalue weighted by atomic mass is 16.6. The molecule has 1 aromatic heterocycles. The molecule has 0 unspecified atom stereocenters. The van der Waals surface area contributed by atoms with Gasteiger partial charge in [0.25, 0.3) is 5.91 Å². The standard InChI is InChI=1S/C14H11N3O6/c18-12(16-10-5-3-9(4-6-10)14(19)20)8-23-11-2-1-7-15-13(11)17(21)22/h1-7H,8H2,(H,16,18)(H,19,20). The van der Waals surface area contributed by atoms with Crippen molar-refractivity contribution >= 4 is 23.4 Å². The van der Waals surface area contributed by atoms with Gasteiger partial charge in [0, 0.05) is 5.69 Å². The van der Waals surface area contributed by atoms with Crippen LogP contribution in [0.5, 0.6) is 5.75 Å². The number of aromatic nitrogens is 1. The summed E-state index contributed by atoms with van der Waals surface area (Å²) in [5, 5.41) is 22.0. The van der Waals surface area contributed by atoms with E-state index >= 15 is 0 Å². The number of ether oxygens (including phenoxy) is 1. The van der Waals surface area contributed by atoms with E-state index in [-0.39, 0.29) is 11.3 Å². The molecule has 2 aromatic rings. The van der Waals surface area contributed by atoms with Gasteiger partial charge < -0.3 is 25.3 Å². The van der Waals surface area contributed by atoms with Crippen molar-refractivity contribution < 1.29 is 24.4 Å². The minimum Gasteiger partial charge on any atom is -0.478 e. The Labute approximate surface area is 129 Å². The quantitative estimate of drug-likeness (QED) is 0.612. The first-order chi connectivity index (χ1) is 11.0. The fourth-order valence-corrected chi connectivity index (χ4v) is 1.67. The number of carbonyl (C=O) groups excluding carboxylic acids is 1. The van der Waals surface area contributed by atoms with Crippen molar-refractivity contribution in [2.75, 3.05) is 11.9 Å². The second-order valence-corrected chi connectivity index (χ2v) is 4.30. The number of hydrogen-bond donors (Lipinski definition) is 2. The molecule has 1 aromatic carbocycles. The zero-order chi connectivity index (χ0) is 16.8. The smallest absolute Gasteiger partial charge is 0.406 e. The van der Waals surface area contributed by atoms with E-state index in [1.165, 1.54) is 42.6 Å². The van der Waals surface area contributed by atoms with Crippen molar-refractivity contribution in [1.29, 1.82) is 0 Å². The number of carboxylic acid groups (broad SMARTS) is 1. The molecule has 9 nitrogen and oxygen atoms in total. The van der Waals surface area contributed by atoms with Gasteiger partial charge in [-0.25, -0.2) is 4.79 Å². The van der Waals surface area contributed by atoms with Crippen molar-refractivity contribution in [1.82, 2.24) is 4.98 Å². The van der Waals surface area contributed by atoms with Crippen LogP contribution in [0.3, 0.4) is 0 Å². The Bertz CT molecular complexity index is 744. The Morgan fingerprint density at radius 3 is 2.57 bits per heavy atom. The zero-order valence-corrected chi connectivity index (χ0v) is 11.6. The van der Waals surface area contributed by atoms with E-state index in [2.05, 4.69) is 10.3 Å². The van der Waals surface area contributed by atoms with E-state index in [1.807, 2.05) is 0 Å². The zero-order valence-electron chi connectivity index (χ0n) is 11.6. The molecule has 0 fully saturated rings. The Hall–Kier alpha value is -3.49. The number of benzene rings is 1. The number of carbonyl (C=O) groups is 2. The van der Waals surface area contributed by atoms with Gasteiger partial charge in [0.15, 0.2) is 6.61 Å². The van der Waals surface area contributed by atoms with E-state index in [1.54, 1.807) is 0 Å². The van der Waals surface area contributed by atoms with E-state index in [0.717, 1.165) is 0 Å². The van der Waals surface area contributed by atoms with Crippen LogP contribution >= 0.6 is 0 Å². The molecule has 2 N–H and O–H groups in total. The van der Waals surface area contributed by atoms with Gasteiger partial charge in [0.1, 0.15) is 6.20 Å². The molecular weight excluding hydrogens is 306 g/mol. The van der Waals surface area contributed by atoms with Crippen LogP contribution in [0, 0.1) is 10.1 Å². The number of aromatic carboxylic acids is 1. The van der Waals surface area contributed by atoms with Gasteiger partial charge in [0.05, 0.1) is 5.56 Å². The molecule has 0 aliphatic heterocycles. The monoisotopic (exact) mass is 317 g/mol. The molecule has 0 saturated carbocycles. The van der Waals surface area contributed by atoms with Crippen LogP contribution in [0.2, 0.25) is 0 Å². The summed E-state index contributed by atoms with van der Waals surface area (Å²) in [5.74, 6) is -2.22. The third kappa shape index (κ3) is 4.24. The topological polar surface area (TPSA) is 132 Å². The van der Waals surface area contributed by atoms with Crippen LogP contribution in [0.1, 0.15) is 10.4 Å². The fraction of sp³-hybridized carbons (Fsp3) is 0.0714. The fourth-order valence-electron chi connectivity index (χ4n) is 1.67. The lowest BCUT2D eigenvalue weighted by atomic mass is 10.2. The van der Waals surface area contributed by atoms with Gasteiger partial charge in [-0.05, 0) is 46.3 Å². The number of nitrogens with one attached hydrogen (secondary N) is 1. The van der Waals surface area contributed by atoms with E-state index in [9.17, 15) is 19.7 Å². The summed E-state index contributed by atoms with van der Waals surface area (Å²) in [4.78, 5) is 36.1. The molecule has 0 atom stereocenters.